The van der Waals surface area contributed by atoms with Crippen molar-refractivity contribution in [3.63, 3.8) is 0 Å². The van der Waals surface area contributed by atoms with Crippen LogP contribution in [-0.4, -0.2) is 25.0 Å². The molecule has 0 aliphatic carbocycles. The lowest BCUT2D eigenvalue weighted by Gasteiger charge is -1.96. The van der Waals surface area contributed by atoms with Crippen molar-refractivity contribution in [2.75, 3.05) is 0 Å². The monoisotopic (exact) mass is 218 g/mol. The number of rotatable bonds is 2. The molecule has 0 N–H and O–H groups in total. The third kappa shape index (κ3) is 1.33. The number of hydrogen-bond donors (Lipinski definition) is 0. The van der Waals surface area contributed by atoms with Gasteiger partial charge in [-0.05, 0) is 0 Å². The molecule has 0 amide bonds. The summed E-state index contributed by atoms with van der Waals surface area (Å²) in [7, 11) is 0. The van der Waals surface area contributed by atoms with Gasteiger partial charge in [0.05, 0.1) is 6.20 Å². The van der Waals surface area contributed by atoms with Crippen molar-refractivity contribution in [2.24, 2.45) is 0 Å². The minimum absolute atomic E-state index is 0.426. The maximum Gasteiger partial charge on any atom is 0.247 e. The highest BCUT2D eigenvalue weighted by molar-refractivity contribution is 7.12. The second-order valence-corrected chi connectivity index (χ2v) is 3.49. The van der Waals surface area contributed by atoms with Gasteiger partial charge in [-0.25, -0.2) is 9.97 Å². The molecular formula is C8H4N5OS. The topological polar surface area (TPSA) is 69.6 Å². The first-order chi connectivity index (χ1) is 7.45. The normalized spacial score (nSPS) is 10.7. The molecule has 0 aromatic carbocycles. The van der Waals surface area contributed by atoms with Gasteiger partial charge in [0.1, 0.15) is 12.5 Å². The van der Waals surface area contributed by atoms with Crippen molar-refractivity contribution in [1.29, 1.82) is 0 Å². The van der Waals surface area contributed by atoms with Crippen LogP contribution in [0, 0.1) is 6.20 Å². The fraction of sp³-hybridized carbons (Fsp3) is 0. The second-order valence-electron chi connectivity index (χ2n) is 2.61. The molecule has 3 rings (SSSR count). The first-order valence-corrected chi connectivity index (χ1v) is 4.96. The Balaban J connectivity index is 2.15. The predicted molar refractivity (Wildman–Crippen MR) is 51.4 cm³/mol. The number of nitrogens with zero attached hydrogens (tertiary/aromatic N) is 5. The summed E-state index contributed by atoms with van der Waals surface area (Å²) in [4.78, 5) is 8.13. The van der Waals surface area contributed by atoms with Crippen molar-refractivity contribution in [2.45, 2.75) is 0 Å². The molecule has 0 saturated heterocycles. The van der Waals surface area contributed by atoms with Gasteiger partial charge in [0.25, 0.3) is 0 Å². The Labute approximate surface area is 88.2 Å². The molecule has 0 saturated carbocycles. The minimum atomic E-state index is 0.426. The lowest BCUT2D eigenvalue weighted by molar-refractivity contribution is 0.568. The van der Waals surface area contributed by atoms with Crippen molar-refractivity contribution < 1.29 is 4.42 Å². The number of thiazole rings is 1. The Bertz CT molecular complexity index is 493. The van der Waals surface area contributed by atoms with Crippen molar-refractivity contribution in [3.05, 3.63) is 30.2 Å². The van der Waals surface area contributed by atoms with E-state index < -0.39 is 0 Å². The molecule has 0 aliphatic heterocycles. The van der Waals surface area contributed by atoms with Gasteiger partial charge >= 0.3 is 0 Å². The predicted octanol–water partition coefficient (Wildman–Crippen LogP) is 1.18. The fourth-order valence-corrected chi connectivity index (χ4v) is 1.73. The number of hydrogen-bond acceptors (Lipinski definition) is 6. The maximum atomic E-state index is 5.15. The first-order valence-electron chi connectivity index (χ1n) is 4.08. The van der Waals surface area contributed by atoms with Crippen LogP contribution >= 0.6 is 11.3 Å². The van der Waals surface area contributed by atoms with Crippen LogP contribution < -0.4 is 0 Å². The van der Waals surface area contributed by atoms with Crippen LogP contribution in [0.25, 0.3) is 16.7 Å². The molecule has 0 fully saturated rings. The molecule has 3 heterocycles. The summed E-state index contributed by atoms with van der Waals surface area (Å²) in [5.74, 6) is 0.426. The standard InChI is InChI=1S/C8H4N5OS/c1-3-14-7(9-1)6-5-11-12-13(6)8-10-2-4-15-8/h1-4H. The third-order valence-electron chi connectivity index (χ3n) is 1.74. The van der Waals surface area contributed by atoms with E-state index in [1.54, 1.807) is 12.4 Å². The highest BCUT2D eigenvalue weighted by Crippen LogP contribution is 2.19. The van der Waals surface area contributed by atoms with Crippen LogP contribution in [0.4, 0.5) is 0 Å². The van der Waals surface area contributed by atoms with Crippen molar-refractivity contribution >= 4 is 11.3 Å². The van der Waals surface area contributed by atoms with E-state index in [1.807, 2.05) is 5.38 Å². The Morgan fingerprint density at radius 3 is 3.07 bits per heavy atom. The summed E-state index contributed by atoms with van der Waals surface area (Å²) in [6, 6.07) is 0. The van der Waals surface area contributed by atoms with Crippen LogP contribution in [0.15, 0.2) is 28.5 Å². The Morgan fingerprint density at radius 1 is 1.33 bits per heavy atom. The third-order valence-corrected chi connectivity index (χ3v) is 2.48. The molecule has 15 heavy (non-hydrogen) atoms. The van der Waals surface area contributed by atoms with E-state index in [1.165, 1.54) is 22.3 Å². The zero-order chi connectivity index (χ0) is 10.1. The van der Waals surface area contributed by atoms with Gasteiger partial charge in [-0.3, -0.25) is 0 Å². The molecule has 0 bridgehead atoms. The maximum absolute atomic E-state index is 5.15. The van der Waals surface area contributed by atoms with Crippen LogP contribution in [0.1, 0.15) is 0 Å². The van der Waals surface area contributed by atoms with E-state index in [0.29, 0.717) is 16.7 Å². The van der Waals surface area contributed by atoms with Crippen molar-refractivity contribution in [1.82, 2.24) is 25.0 Å². The second kappa shape index (κ2) is 3.28. The van der Waals surface area contributed by atoms with Crippen LogP contribution in [0.5, 0.6) is 0 Å². The average Bonchev–Trinajstić information content (AvgIpc) is 3.01. The zero-order valence-electron chi connectivity index (χ0n) is 7.36. The van der Waals surface area contributed by atoms with Gasteiger partial charge in [-0.1, -0.05) is 5.21 Å². The van der Waals surface area contributed by atoms with E-state index in [2.05, 4.69) is 26.5 Å². The summed E-state index contributed by atoms with van der Waals surface area (Å²) in [5.41, 5.74) is 0.565. The molecular weight excluding hydrogens is 214 g/mol. The van der Waals surface area contributed by atoms with Crippen LogP contribution in [0.2, 0.25) is 0 Å². The minimum Gasteiger partial charge on any atom is -0.443 e. The van der Waals surface area contributed by atoms with Gasteiger partial charge in [-0.15, -0.1) is 16.4 Å². The number of oxazole rings is 1. The van der Waals surface area contributed by atoms with E-state index in [-0.39, 0.29) is 0 Å². The van der Waals surface area contributed by atoms with Gasteiger partial charge in [0.15, 0.2) is 5.69 Å². The van der Waals surface area contributed by atoms with Gasteiger partial charge in [-0.2, -0.15) is 4.68 Å². The molecule has 0 unspecified atom stereocenters. The Hall–Kier alpha value is -2.02. The SMILES string of the molecule is [c]1nnn(-c2nccs2)c1-c1ncco1. The highest BCUT2D eigenvalue weighted by atomic mass is 32.1. The average molecular weight is 218 g/mol. The summed E-state index contributed by atoms with van der Waals surface area (Å²) in [5, 5.41) is 10.1. The summed E-state index contributed by atoms with van der Waals surface area (Å²) < 4.78 is 6.69. The van der Waals surface area contributed by atoms with Crippen LogP contribution in [0.3, 0.4) is 0 Å². The van der Waals surface area contributed by atoms with E-state index in [9.17, 15) is 0 Å². The van der Waals surface area contributed by atoms with Crippen LogP contribution in [-0.2, 0) is 0 Å². The zero-order valence-corrected chi connectivity index (χ0v) is 8.18. The van der Waals surface area contributed by atoms with Gasteiger partial charge < -0.3 is 4.42 Å². The quantitative estimate of drug-likeness (QED) is 0.646. The van der Waals surface area contributed by atoms with E-state index in [4.69, 9.17) is 4.42 Å². The van der Waals surface area contributed by atoms with Gasteiger partial charge in [0, 0.05) is 11.6 Å². The Morgan fingerprint density at radius 2 is 2.33 bits per heavy atom. The molecule has 0 spiro atoms. The molecule has 0 atom stereocenters. The smallest absolute Gasteiger partial charge is 0.247 e. The number of aromatic nitrogens is 5. The highest BCUT2D eigenvalue weighted by Gasteiger charge is 2.14. The summed E-state index contributed by atoms with van der Waals surface area (Å²) >= 11 is 1.45. The molecule has 6 nitrogen and oxygen atoms in total. The van der Waals surface area contributed by atoms with Crippen molar-refractivity contribution in [3.8, 4) is 16.7 Å². The lowest BCUT2D eigenvalue weighted by atomic mass is 10.5. The Kier molecular flexibility index (Phi) is 1.82. The molecule has 7 heteroatoms. The fourth-order valence-electron chi connectivity index (χ4n) is 1.14. The van der Waals surface area contributed by atoms with Gasteiger partial charge in [0.2, 0.25) is 11.0 Å². The van der Waals surface area contributed by atoms with E-state index >= 15 is 0 Å². The molecule has 3 aromatic rings. The summed E-state index contributed by atoms with van der Waals surface area (Å²) in [6.45, 7) is 0. The molecule has 3 aromatic heterocycles. The summed E-state index contributed by atoms with van der Waals surface area (Å²) in [6.07, 6.45) is 7.45. The lowest BCUT2D eigenvalue weighted by Crippen LogP contribution is -1.98. The molecule has 1 radical (unpaired) electrons. The molecule has 73 valence electrons. The first kappa shape index (κ1) is 8.30. The molecule has 0 aliphatic rings. The largest absolute Gasteiger partial charge is 0.443 e. The van der Waals surface area contributed by atoms with E-state index in [0.717, 1.165) is 0 Å².